The lowest BCUT2D eigenvalue weighted by molar-refractivity contribution is -0.384. The molecule has 152 valence electrons. The van der Waals surface area contributed by atoms with E-state index in [-0.39, 0.29) is 30.4 Å². The first-order valence-corrected chi connectivity index (χ1v) is 9.33. The fourth-order valence-corrected chi connectivity index (χ4v) is 3.08. The molecule has 0 radical (unpaired) electrons. The van der Waals surface area contributed by atoms with Crippen molar-refractivity contribution in [3.63, 3.8) is 0 Å². The van der Waals surface area contributed by atoms with E-state index < -0.39 is 22.9 Å². The number of nitrogens with zero attached hydrogens (tertiary/aromatic N) is 2. The van der Waals surface area contributed by atoms with Crippen LogP contribution < -0.4 is 9.64 Å². The van der Waals surface area contributed by atoms with Crippen LogP contribution in [0.25, 0.3) is 0 Å². The van der Waals surface area contributed by atoms with Crippen LogP contribution in [0.5, 0.6) is 5.75 Å². The number of amides is 1. The third-order valence-electron chi connectivity index (χ3n) is 4.60. The standard InChI is InChI=1S/C21H22N2O6/c1-14(2)20-21(25)22(17-12-16(23(26)27)8-9-18(17)29-20)13-19(24)28-11-10-15-6-4-3-5-7-15/h3-9,12,14,20H,10-11,13H2,1-2H3. The molecule has 0 saturated carbocycles. The molecular formula is C21H22N2O6. The summed E-state index contributed by atoms with van der Waals surface area (Å²) in [6.45, 7) is 3.50. The van der Waals surface area contributed by atoms with E-state index in [1.54, 1.807) is 0 Å². The number of nitro benzene ring substituents is 1. The lowest BCUT2D eigenvalue weighted by Gasteiger charge is -2.35. The number of esters is 1. The minimum Gasteiger partial charge on any atom is -0.478 e. The predicted octanol–water partition coefficient (Wildman–Crippen LogP) is 3.13. The molecule has 2 aromatic rings. The van der Waals surface area contributed by atoms with E-state index in [9.17, 15) is 19.7 Å². The van der Waals surface area contributed by atoms with E-state index in [1.165, 1.54) is 23.1 Å². The SMILES string of the molecule is CC(C)C1Oc2ccc([N+](=O)[O-])cc2N(CC(=O)OCCc2ccccc2)C1=O. The Balaban J connectivity index is 1.75. The summed E-state index contributed by atoms with van der Waals surface area (Å²) in [6.07, 6.45) is -0.221. The summed E-state index contributed by atoms with van der Waals surface area (Å²) >= 11 is 0. The Bertz CT molecular complexity index is 913. The van der Waals surface area contributed by atoms with Gasteiger partial charge in [0.25, 0.3) is 11.6 Å². The molecule has 0 N–H and O–H groups in total. The molecule has 0 fully saturated rings. The van der Waals surface area contributed by atoms with Crippen LogP contribution in [-0.4, -0.2) is 36.1 Å². The molecule has 1 aliphatic rings. The number of carbonyl (C=O) groups is 2. The second-order valence-electron chi connectivity index (χ2n) is 7.07. The zero-order valence-electron chi connectivity index (χ0n) is 16.2. The Morgan fingerprint density at radius 2 is 1.97 bits per heavy atom. The van der Waals surface area contributed by atoms with E-state index in [2.05, 4.69) is 0 Å². The number of hydrogen-bond acceptors (Lipinski definition) is 6. The number of carbonyl (C=O) groups excluding carboxylic acids is 2. The Hall–Kier alpha value is -3.42. The summed E-state index contributed by atoms with van der Waals surface area (Å²) in [4.78, 5) is 37.0. The number of benzene rings is 2. The second kappa shape index (κ2) is 8.72. The molecule has 8 nitrogen and oxygen atoms in total. The molecule has 29 heavy (non-hydrogen) atoms. The van der Waals surface area contributed by atoms with Gasteiger partial charge in [-0.2, -0.15) is 0 Å². The highest BCUT2D eigenvalue weighted by atomic mass is 16.6. The fourth-order valence-electron chi connectivity index (χ4n) is 3.08. The van der Waals surface area contributed by atoms with Crippen LogP contribution in [0.1, 0.15) is 19.4 Å². The zero-order valence-corrected chi connectivity index (χ0v) is 16.2. The first-order chi connectivity index (χ1) is 13.9. The van der Waals surface area contributed by atoms with Crippen molar-refractivity contribution in [3.8, 4) is 5.75 Å². The quantitative estimate of drug-likeness (QED) is 0.404. The number of ether oxygens (including phenoxy) is 2. The Morgan fingerprint density at radius 3 is 2.62 bits per heavy atom. The molecule has 0 aliphatic carbocycles. The molecule has 1 unspecified atom stereocenters. The average molecular weight is 398 g/mol. The molecule has 2 aromatic carbocycles. The van der Waals surface area contributed by atoms with Gasteiger partial charge in [-0.1, -0.05) is 44.2 Å². The highest BCUT2D eigenvalue weighted by Crippen LogP contribution is 2.38. The van der Waals surface area contributed by atoms with Gasteiger partial charge in [-0.25, -0.2) is 0 Å². The molecule has 1 heterocycles. The average Bonchev–Trinajstić information content (AvgIpc) is 2.70. The van der Waals surface area contributed by atoms with Gasteiger partial charge in [0.1, 0.15) is 12.3 Å². The number of fused-ring (bicyclic) bond motifs is 1. The number of anilines is 1. The largest absolute Gasteiger partial charge is 0.478 e. The summed E-state index contributed by atoms with van der Waals surface area (Å²) in [5, 5.41) is 11.1. The smallest absolute Gasteiger partial charge is 0.326 e. The van der Waals surface area contributed by atoms with Gasteiger partial charge in [-0.3, -0.25) is 24.6 Å². The second-order valence-corrected chi connectivity index (χ2v) is 7.07. The van der Waals surface area contributed by atoms with Crippen LogP contribution in [0.15, 0.2) is 48.5 Å². The van der Waals surface area contributed by atoms with Crippen molar-refractivity contribution >= 4 is 23.3 Å². The normalized spacial score (nSPS) is 15.6. The van der Waals surface area contributed by atoms with Crippen LogP contribution in [0.4, 0.5) is 11.4 Å². The highest BCUT2D eigenvalue weighted by Gasteiger charge is 2.38. The van der Waals surface area contributed by atoms with Gasteiger partial charge >= 0.3 is 5.97 Å². The van der Waals surface area contributed by atoms with Crippen molar-refractivity contribution in [2.75, 3.05) is 18.1 Å². The van der Waals surface area contributed by atoms with Crippen molar-refractivity contribution < 1.29 is 24.0 Å². The highest BCUT2D eigenvalue weighted by molar-refractivity contribution is 6.03. The van der Waals surface area contributed by atoms with E-state index in [0.29, 0.717) is 12.2 Å². The van der Waals surface area contributed by atoms with Gasteiger partial charge in [0.05, 0.1) is 17.2 Å². The lowest BCUT2D eigenvalue weighted by Crippen LogP contribution is -2.50. The summed E-state index contributed by atoms with van der Waals surface area (Å²) in [5.74, 6) is -0.822. The summed E-state index contributed by atoms with van der Waals surface area (Å²) in [7, 11) is 0. The van der Waals surface area contributed by atoms with Crippen molar-refractivity contribution in [1.82, 2.24) is 0 Å². The van der Waals surface area contributed by atoms with Crippen LogP contribution in [0, 0.1) is 16.0 Å². The topological polar surface area (TPSA) is 99.0 Å². The number of nitro groups is 1. The van der Waals surface area contributed by atoms with Crippen molar-refractivity contribution in [3.05, 3.63) is 64.2 Å². The molecular weight excluding hydrogens is 376 g/mol. The molecule has 1 amide bonds. The number of hydrogen-bond donors (Lipinski definition) is 0. The van der Waals surface area contributed by atoms with Gasteiger partial charge < -0.3 is 9.47 Å². The van der Waals surface area contributed by atoms with Crippen LogP contribution in [0.2, 0.25) is 0 Å². The lowest BCUT2D eigenvalue weighted by atomic mass is 10.0. The number of rotatable bonds is 7. The Kier molecular flexibility index (Phi) is 6.11. The van der Waals surface area contributed by atoms with Crippen molar-refractivity contribution in [2.24, 2.45) is 5.92 Å². The van der Waals surface area contributed by atoms with E-state index >= 15 is 0 Å². The third-order valence-corrected chi connectivity index (χ3v) is 4.60. The summed E-state index contributed by atoms with van der Waals surface area (Å²) in [5.41, 5.74) is 1.04. The van der Waals surface area contributed by atoms with Crippen LogP contribution in [0.3, 0.4) is 0 Å². The maximum atomic E-state index is 12.9. The first-order valence-electron chi connectivity index (χ1n) is 9.33. The maximum Gasteiger partial charge on any atom is 0.326 e. The molecule has 8 heteroatoms. The molecule has 0 spiro atoms. The van der Waals surface area contributed by atoms with E-state index in [1.807, 2.05) is 44.2 Å². The van der Waals surface area contributed by atoms with Gasteiger partial charge in [-0.15, -0.1) is 0 Å². The van der Waals surface area contributed by atoms with Gasteiger partial charge in [0, 0.05) is 18.6 Å². The summed E-state index contributed by atoms with van der Waals surface area (Å²) in [6, 6.07) is 13.6. The predicted molar refractivity (Wildman–Crippen MR) is 106 cm³/mol. The molecule has 1 atom stereocenters. The molecule has 0 aromatic heterocycles. The Morgan fingerprint density at radius 1 is 1.24 bits per heavy atom. The number of non-ortho nitro benzene ring substituents is 1. The molecule has 0 saturated heterocycles. The molecule has 3 rings (SSSR count). The summed E-state index contributed by atoms with van der Waals surface area (Å²) < 4.78 is 11.0. The minimum absolute atomic E-state index is 0.137. The minimum atomic E-state index is -0.777. The van der Waals surface area contributed by atoms with E-state index in [4.69, 9.17) is 9.47 Å². The van der Waals surface area contributed by atoms with Crippen molar-refractivity contribution in [2.45, 2.75) is 26.4 Å². The Labute approximate surface area is 168 Å². The zero-order chi connectivity index (χ0) is 21.0. The molecule has 0 bridgehead atoms. The van der Waals surface area contributed by atoms with E-state index in [0.717, 1.165) is 5.56 Å². The van der Waals surface area contributed by atoms with Crippen LogP contribution in [-0.2, 0) is 20.7 Å². The monoisotopic (exact) mass is 398 g/mol. The van der Waals surface area contributed by atoms with Gasteiger partial charge in [-0.05, 0) is 17.5 Å². The van der Waals surface area contributed by atoms with Crippen molar-refractivity contribution in [1.29, 1.82) is 0 Å². The maximum absolute atomic E-state index is 12.9. The van der Waals surface area contributed by atoms with Crippen LogP contribution >= 0.6 is 0 Å². The molecule has 1 aliphatic heterocycles. The van der Waals surface area contributed by atoms with Gasteiger partial charge in [0.2, 0.25) is 0 Å². The first kappa shape index (κ1) is 20.3. The van der Waals surface area contributed by atoms with Gasteiger partial charge in [0.15, 0.2) is 6.10 Å². The fraction of sp³-hybridized carbons (Fsp3) is 0.333. The third kappa shape index (κ3) is 4.71.